The van der Waals surface area contributed by atoms with Crippen LogP contribution in [-0.2, 0) is 17.1 Å². The summed E-state index contributed by atoms with van der Waals surface area (Å²) in [4.78, 5) is 2.49. The van der Waals surface area contributed by atoms with Gasteiger partial charge >= 0.3 is 0 Å². The first-order chi connectivity index (χ1) is 8.40. The highest BCUT2D eigenvalue weighted by Gasteiger charge is 2.25. The van der Waals surface area contributed by atoms with Crippen molar-refractivity contribution in [1.82, 2.24) is 19.4 Å². The van der Waals surface area contributed by atoms with E-state index in [-0.39, 0.29) is 10.9 Å². The zero-order valence-electron chi connectivity index (χ0n) is 11.0. The van der Waals surface area contributed by atoms with Gasteiger partial charge in [-0.05, 0) is 39.9 Å². The maximum absolute atomic E-state index is 12.2. The molecule has 1 N–H and O–H groups in total. The predicted octanol–water partition coefficient (Wildman–Crippen LogP) is 0.101. The number of nitrogens with zero attached hydrogens (tertiary/aromatic N) is 3. The molecule has 6 nitrogen and oxygen atoms in total. The number of likely N-dealkylation sites (tertiary alicyclic amines) is 1. The molecular weight excluding hydrogens is 252 g/mol. The van der Waals surface area contributed by atoms with Crippen molar-refractivity contribution >= 4 is 10.0 Å². The van der Waals surface area contributed by atoms with Crippen LogP contribution in [0, 0.1) is 6.92 Å². The summed E-state index contributed by atoms with van der Waals surface area (Å²) in [5.74, 6) is 0. The van der Waals surface area contributed by atoms with Crippen LogP contribution in [0.15, 0.2) is 11.1 Å². The maximum atomic E-state index is 12.2. The fourth-order valence-corrected chi connectivity index (χ4v) is 3.66. The van der Waals surface area contributed by atoms with E-state index in [0.717, 1.165) is 25.9 Å². The lowest BCUT2D eigenvalue weighted by Crippen LogP contribution is -2.43. The zero-order chi connectivity index (χ0) is 13.3. The van der Waals surface area contributed by atoms with Crippen LogP contribution in [0.1, 0.15) is 18.5 Å². The van der Waals surface area contributed by atoms with E-state index in [9.17, 15) is 8.42 Å². The van der Waals surface area contributed by atoms with Crippen molar-refractivity contribution < 1.29 is 8.42 Å². The molecule has 0 atom stereocenters. The second-order valence-electron chi connectivity index (χ2n) is 4.92. The first-order valence-corrected chi connectivity index (χ1v) is 7.58. The highest BCUT2D eigenvalue weighted by molar-refractivity contribution is 7.89. The summed E-state index contributed by atoms with van der Waals surface area (Å²) in [6.45, 7) is 3.62. The van der Waals surface area contributed by atoms with Gasteiger partial charge in [0.25, 0.3) is 0 Å². The third-order valence-corrected chi connectivity index (χ3v) is 5.14. The van der Waals surface area contributed by atoms with E-state index >= 15 is 0 Å². The number of sulfonamides is 1. The molecule has 1 aliphatic heterocycles. The van der Waals surface area contributed by atoms with Crippen molar-refractivity contribution in [2.24, 2.45) is 7.05 Å². The maximum Gasteiger partial charge on any atom is 0.244 e. The first kappa shape index (κ1) is 13.5. The van der Waals surface area contributed by atoms with Crippen molar-refractivity contribution in [2.75, 3.05) is 20.1 Å². The highest BCUT2D eigenvalue weighted by atomic mass is 32.2. The minimum atomic E-state index is -3.44. The Balaban J connectivity index is 2.10. The smallest absolute Gasteiger partial charge is 0.244 e. The molecule has 1 fully saturated rings. The topological polar surface area (TPSA) is 67.2 Å². The molecule has 0 aliphatic carbocycles. The van der Waals surface area contributed by atoms with Crippen LogP contribution in [0.2, 0.25) is 0 Å². The minimum Gasteiger partial charge on any atom is -0.306 e. The number of hydrogen-bond acceptors (Lipinski definition) is 4. The predicted molar refractivity (Wildman–Crippen MR) is 68.8 cm³/mol. The Bertz CT molecular complexity index is 515. The molecule has 7 heteroatoms. The number of aromatic nitrogens is 2. The molecule has 102 valence electrons. The monoisotopic (exact) mass is 272 g/mol. The zero-order valence-corrected chi connectivity index (χ0v) is 11.9. The second kappa shape index (κ2) is 4.99. The van der Waals surface area contributed by atoms with E-state index in [1.165, 1.54) is 6.20 Å². The van der Waals surface area contributed by atoms with Crippen LogP contribution in [-0.4, -0.2) is 49.3 Å². The highest BCUT2D eigenvalue weighted by Crippen LogP contribution is 2.16. The summed E-state index contributed by atoms with van der Waals surface area (Å²) < 4.78 is 28.8. The molecule has 2 heterocycles. The number of aryl methyl sites for hydroxylation is 1. The average Bonchev–Trinajstić information content (AvgIpc) is 2.63. The van der Waals surface area contributed by atoms with Gasteiger partial charge in [-0.15, -0.1) is 0 Å². The van der Waals surface area contributed by atoms with E-state index < -0.39 is 10.0 Å². The van der Waals surface area contributed by atoms with Gasteiger partial charge in [0.1, 0.15) is 4.90 Å². The number of nitrogens with one attached hydrogen (secondary N) is 1. The van der Waals surface area contributed by atoms with E-state index in [4.69, 9.17) is 0 Å². The van der Waals surface area contributed by atoms with Gasteiger partial charge in [-0.3, -0.25) is 4.68 Å². The standard InChI is InChI=1S/C11H20N4O2S/c1-9-11(8-12-15(9)3)18(16,17)13-10-4-6-14(2)7-5-10/h8,10,13H,4-7H2,1-3H3. The molecular formula is C11H20N4O2S. The lowest BCUT2D eigenvalue weighted by atomic mass is 10.1. The van der Waals surface area contributed by atoms with Crippen molar-refractivity contribution in [1.29, 1.82) is 0 Å². The fourth-order valence-electron chi connectivity index (χ4n) is 2.15. The number of hydrogen-bond donors (Lipinski definition) is 1. The lowest BCUT2D eigenvalue weighted by molar-refractivity contribution is 0.248. The van der Waals surface area contributed by atoms with Gasteiger partial charge < -0.3 is 4.90 Å². The summed E-state index contributed by atoms with van der Waals surface area (Å²) in [7, 11) is 0.352. The average molecular weight is 272 g/mol. The van der Waals surface area contributed by atoms with Crippen LogP contribution in [0.5, 0.6) is 0 Å². The number of piperidine rings is 1. The molecule has 0 amide bonds. The Morgan fingerprint density at radius 3 is 2.44 bits per heavy atom. The summed E-state index contributed by atoms with van der Waals surface area (Å²) in [5.41, 5.74) is 0.662. The van der Waals surface area contributed by atoms with Crippen LogP contribution < -0.4 is 4.72 Å². The Kier molecular flexibility index (Phi) is 3.74. The lowest BCUT2D eigenvalue weighted by Gasteiger charge is -2.29. The van der Waals surface area contributed by atoms with Gasteiger partial charge in [0, 0.05) is 13.1 Å². The molecule has 2 rings (SSSR count). The van der Waals surface area contributed by atoms with Crippen molar-refractivity contribution in [3.8, 4) is 0 Å². The summed E-state index contributed by atoms with van der Waals surface area (Å²) in [6, 6.07) is 0.0332. The van der Waals surface area contributed by atoms with Crippen LogP contribution >= 0.6 is 0 Å². The van der Waals surface area contributed by atoms with Crippen molar-refractivity contribution in [3.05, 3.63) is 11.9 Å². The van der Waals surface area contributed by atoms with E-state index in [1.54, 1.807) is 18.7 Å². The van der Waals surface area contributed by atoms with Crippen LogP contribution in [0.25, 0.3) is 0 Å². The fraction of sp³-hybridized carbons (Fsp3) is 0.727. The number of rotatable bonds is 3. The molecule has 18 heavy (non-hydrogen) atoms. The normalized spacial score (nSPS) is 19.3. The first-order valence-electron chi connectivity index (χ1n) is 6.09. The van der Waals surface area contributed by atoms with Crippen LogP contribution in [0.3, 0.4) is 0 Å². The molecule has 0 radical (unpaired) electrons. The molecule has 0 aromatic carbocycles. The Morgan fingerprint density at radius 2 is 1.94 bits per heavy atom. The SMILES string of the molecule is Cc1c(S(=O)(=O)NC2CCN(C)CC2)cnn1C. The largest absolute Gasteiger partial charge is 0.306 e. The molecule has 0 unspecified atom stereocenters. The summed E-state index contributed by atoms with van der Waals surface area (Å²) >= 11 is 0. The Labute approximate surface area is 108 Å². The third kappa shape index (κ3) is 2.73. The molecule has 1 aromatic heterocycles. The summed E-state index contributed by atoms with van der Waals surface area (Å²) in [6.07, 6.45) is 3.12. The van der Waals surface area contributed by atoms with Gasteiger partial charge in [-0.25, -0.2) is 13.1 Å². The molecule has 0 bridgehead atoms. The molecule has 0 saturated carbocycles. The van der Waals surface area contributed by atoms with Gasteiger partial charge in [-0.2, -0.15) is 5.10 Å². The Morgan fingerprint density at radius 1 is 1.33 bits per heavy atom. The van der Waals surface area contributed by atoms with Gasteiger partial charge in [0.15, 0.2) is 0 Å². The second-order valence-corrected chi connectivity index (χ2v) is 6.60. The minimum absolute atomic E-state index is 0.0332. The molecule has 1 saturated heterocycles. The van der Waals surface area contributed by atoms with Gasteiger partial charge in [0.2, 0.25) is 10.0 Å². The van der Waals surface area contributed by atoms with Crippen LogP contribution in [0.4, 0.5) is 0 Å². The van der Waals surface area contributed by atoms with Crippen molar-refractivity contribution in [3.63, 3.8) is 0 Å². The molecule has 1 aliphatic rings. The van der Waals surface area contributed by atoms with E-state index in [1.807, 2.05) is 0 Å². The quantitative estimate of drug-likeness (QED) is 0.847. The Hall–Kier alpha value is -0.920. The van der Waals surface area contributed by atoms with E-state index in [0.29, 0.717) is 5.69 Å². The van der Waals surface area contributed by atoms with Gasteiger partial charge in [0.05, 0.1) is 11.9 Å². The molecule has 0 spiro atoms. The summed E-state index contributed by atoms with van der Waals surface area (Å²) in [5, 5.41) is 3.98. The van der Waals surface area contributed by atoms with E-state index in [2.05, 4.69) is 21.8 Å². The van der Waals surface area contributed by atoms with Crippen molar-refractivity contribution in [2.45, 2.75) is 30.7 Å². The molecule has 1 aromatic rings. The third-order valence-electron chi connectivity index (χ3n) is 3.52. The van der Waals surface area contributed by atoms with Gasteiger partial charge in [-0.1, -0.05) is 0 Å².